The molecular formula is C19H20N2O5. The van der Waals surface area contributed by atoms with Gasteiger partial charge in [0.15, 0.2) is 23.3 Å². The molecule has 0 radical (unpaired) electrons. The van der Waals surface area contributed by atoms with E-state index >= 15 is 0 Å². The number of ether oxygens (including phenoxy) is 4. The first kappa shape index (κ1) is 17.6. The highest BCUT2D eigenvalue weighted by Gasteiger charge is 2.29. The van der Waals surface area contributed by atoms with E-state index in [1.54, 1.807) is 36.4 Å². The minimum absolute atomic E-state index is 0.176. The van der Waals surface area contributed by atoms with E-state index in [9.17, 15) is 4.79 Å². The second kappa shape index (κ2) is 7.35. The molecule has 136 valence electrons. The SMILES string of the molecule is COc1cc(C(=O)C2COC(c3ccc(N)cc3)=N2)cc(OC)c1OC. The van der Waals surface area contributed by atoms with Gasteiger partial charge in [-0.15, -0.1) is 0 Å². The van der Waals surface area contributed by atoms with E-state index in [2.05, 4.69) is 4.99 Å². The first-order valence-corrected chi connectivity index (χ1v) is 7.98. The minimum Gasteiger partial charge on any atom is -0.493 e. The lowest BCUT2D eigenvalue weighted by Gasteiger charge is -2.14. The number of benzene rings is 2. The number of carbonyl (C=O) groups excluding carboxylic acids is 1. The number of ketones is 1. The van der Waals surface area contributed by atoms with Crippen LogP contribution in [0.15, 0.2) is 41.4 Å². The summed E-state index contributed by atoms with van der Waals surface area (Å²) in [6.07, 6.45) is 0. The molecule has 3 rings (SSSR count). The maximum Gasteiger partial charge on any atom is 0.217 e. The molecule has 2 N–H and O–H groups in total. The first-order chi connectivity index (χ1) is 12.6. The number of hydrogen-bond acceptors (Lipinski definition) is 7. The molecule has 0 saturated carbocycles. The molecule has 2 aromatic rings. The number of rotatable bonds is 6. The fourth-order valence-electron chi connectivity index (χ4n) is 2.71. The summed E-state index contributed by atoms with van der Waals surface area (Å²) in [5.41, 5.74) is 7.53. The normalized spacial score (nSPS) is 15.8. The average Bonchev–Trinajstić information content (AvgIpc) is 3.16. The van der Waals surface area contributed by atoms with Gasteiger partial charge in [-0.2, -0.15) is 0 Å². The van der Waals surface area contributed by atoms with Gasteiger partial charge < -0.3 is 24.7 Å². The molecule has 1 heterocycles. The Hall–Kier alpha value is -3.22. The van der Waals surface area contributed by atoms with E-state index in [0.717, 1.165) is 5.56 Å². The number of anilines is 1. The number of carbonyl (C=O) groups is 1. The molecule has 0 aromatic heterocycles. The molecule has 0 aliphatic carbocycles. The molecule has 1 unspecified atom stereocenters. The van der Waals surface area contributed by atoms with Crippen molar-refractivity contribution in [1.29, 1.82) is 0 Å². The van der Waals surface area contributed by atoms with Crippen molar-refractivity contribution in [3.63, 3.8) is 0 Å². The smallest absolute Gasteiger partial charge is 0.217 e. The molecule has 1 aliphatic rings. The van der Waals surface area contributed by atoms with Crippen LogP contribution in [0.5, 0.6) is 17.2 Å². The summed E-state index contributed by atoms with van der Waals surface area (Å²) in [6.45, 7) is 0.176. The van der Waals surface area contributed by atoms with Crippen molar-refractivity contribution in [1.82, 2.24) is 0 Å². The zero-order valence-corrected chi connectivity index (χ0v) is 14.8. The van der Waals surface area contributed by atoms with Gasteiger partial charge in [-0.1, -0.05) is 0 Å². The Bertz CT molecular complexity index is 821. The van der Waals surface area contributed by atoms with Crippen LogP contribution >= 0.6 is 0 Å². The van der Waals surface area contributed by atoms with Crippen molar-refractivity contribution in [2.75, 3.05) is 33.7 Å². The Kier molecular flexibility index (Phi) is 4.97. The average molecular weight is 356 g/mol. The van der Waals surface area contributed by atoms with Crippen LogP contribution < -0.4 is 19.9 Å². The quantitative estimate of drug-likeness (QED) is 0.631. The molecule has 2 aromatic carbocycles. The van der Waals surface area contributed by atoms with E-state index in [4.69, 9.17) is 24.7 Å². The van der Waals surface area contributed by atoms with Crippen molar-refractivity contribution >= 4 is 17.4 Å². The van der Waals surface area contributed by atoms with Gasteiger partial charge in [-0.25, -0.2) is 4.99 Å². The highest BCUT2D eigenvalue weighted by atomic mass is 16.5. The summed E-state index contributed by atoms with van der Waals surface area (Å²) in [5.74, 6) is 1.50. The zero-order chi connectivity index (χ0) is 18.7. The topological polar surface area (TPSA) is 92.4 Å². The van der Waals surface area contributed by atoms with E-state index in [1.807, 2.05) is 0 Å². The number of nitrogens with two attached hydrogens (primary N) is 1. The molecule has 0 saturated heterocycles. The standard InChI is InChI=1S/C19H20N2O5/c1-23-15-8-12(9-16(24-2)18(15)25-3)17(22)14-10-26-19(21-14)11-4-6-13(20)7-5-11/h4-9,14H,10,20H2,1-3H3. The summed E-state index contributed by atoms with van der Waals surface area (Å²) in [5, 5.41) is 0. The number of nitrogens with zero attached hydrogens (tertiary/aromatic N) is 1. The van der Waals surface area contributed by atoms with Crippen molar-refractivity contribution in [3.05, 3.63) is 47.5 Å². The van der Waals surface area contributed by atoms with Crippen LogP contribution in [0.3, 0.4) is 0 Å². The Balaban J connectivity index is 1.89. The lowest BCUT2D eigenvalue weighted by atomic mass is 10.0. The van der Waals surface area contributed by atoms with E-state index in [0.29, 0.717) is 34.4 Å². The highest BCUT2D eigenvalue weighted by Crippen LogP contribution is 2.38. The van der Waals surface area contributed by atoms with Crippen molar-refractivity contribution in [2.45, 2.75) is 6.04 Å². The second-order valence-electron chi connectivity index (χ2n) is 5.66. The summed E-state index contributed by atoms with van der Waals surface area (Å²) >= 11 is 0. The number of methoxy groups -OCH3 is 3. The lowest BCUT2D eigenvalue weighted by Crippen LogP contribution is -2.20. The molecule has 0 fully saturated rings. The summed E-state index contributed by atoms with van der Waals surface area (Å²) < 4.78 is 21.5. The maximum absolute atomic E-state index is 12.9. The van der Waals surface area contributed by atoms with Gasteiger partial charge in [0.05, 0.1) is 21.3 Å². The van der Waals surface area contributed by atoms with Crippen LogP contribution in [-0.2, 0) is 4.74 Å². The molecule has 1 atom stereocenters. The predicted molar refractivity (Wildman–Crippen MR) is 97.6 cm³/mol. The number of aliphatic imine (C=N–C) groups is 1. The van der Waals surface area contributed by atoms with Crippen LogP contribution in [0.25, 0.3) is 0 Å². The molecule has 7 nitrogen and oxygen atoms in total. The highest BCUT2D eigenvalue weighted by molar-refractivity contribution is 6.05. The van der Waals surface area contributed by atoms with Gasteiger partial charge in [0.25, 0.3) is 0 Å². The third-order valence-corrected chi connectivity index (χ3v) is 4.06. The number of hydrogen-bond donors (Lipinski definition) is 1. The summed E-state index contributed by atoms with van der Waals surface area (Å²) in [6, 6.07) is 9.72. The lowest BCUT2D eigenvalue weighted by molar-refractivity contribution is 0.0947. The van der Waals surface area contributed by atoms with Gasteiger partial charge in [0, 0.05) is 16.8 Å². The molecule has 26 heavy (non-hydrogen) atoms. The minimum atomic E-state index is -0.634. The molecule has 0 spiro atoms. The third-order valence-electron chi connectivity index (χ3n) is 4.06. The first-order valence-electron chi connectivity index (χ1n) is 7.98. The van der Waals surface area contributed by atoms with Crippen LogP contribution in [-0.4, -0.2) is 45.7 Å². The fraction of sp³-hybridized carbons (Fsp3) is 0.263. The summed E-state index contributed by atoms with van der Waals surface area (Å²) in [4.78, 5) is 17.3. The monoisotopic (exact) mass is 356 g/mol. The molecular weight excluding hydrogens is 336 g/mol. The Morgan fingerprint density at radius 1 is 1.08 bits per heavy atom. The maximum atomic E-state index is 12.9. The van der Waals surface area contributed by atoms with Crippen molar-refractivity contribution in [3.8, 4) is 17.2 Å². The van der Waals surface area contributed by atoms with Crippen LogP contribution in [0.1, 0.15) is 15.9 Å². The Morgan fingerprint density at radius 2 is 1.69 bits per heavy atom. The molecule has 0 bridgehead atoms. The molecule has 0 amide bonds. The van der Waals surface area contributed by atoms with Gasteiger partial charge in [0.2, 0.25) is 11.6 Å². The third kappa shape index (κ3) is 3.28. The van der Waals surface area contributed by atoms with Gasteiger partial charge >= 0.3 is 0 Å². The Labute approximate surface area is 151 Å². The predicted octanol–water partition coefficient (Wildman–Crippen LogP) is 2.32. The number of nitrogen functional groups attached to an aromatic ring is 1. The van der Waals surface area contributed by atoms with Gasteiger partial charge in [-0.05, 0) is 36.4 Å². The summed E-state index contributed by atoms with van der Waals surface area (Å²) in [7, 11) is 4.51. The van der Waals surface area contributed by atoms with Crippen LogP contribution in [0.2, 0.25) is 0 Å². The van der Waals surface area contributed by atoms with E-state index < -0.39 is 6.04 Å². The van der Waals surface area contributed by atoms with Crippen molar-refractivity contribution in [2.24, 2.45) is 4.99 Å². The molecule has 1 aliphatic heterocycles. The van der Waals surface area contributed by atoms with Gasteiger partial charge in [0.1, 0.15) is 6.61 Å². The zero-order valence-electron chi connectivity index (χ0n) is 14.8. The Morgan fingerprint density at radius 3 is 2.23 bits per heavy atom. The van der Waals surface area contributed by atoms with E-state index in [-0.39, 0.29) is 12.4 Å². The van der Waals surface area contributed by atoms with E-state index in [1.165, 1.54) is 21.3 Å². The molecule has 7 heteroatoms. The van der Waals surface area contributed by atoms with Crippen LogP contribution in [0, 0.1) is 0 Å². The fourth-order valence-corrected chi connectivity index (χ4v) is 2.71. The van der Waals surface area contributed by atoms with Gasteiger partial charge in [-0.3, -0.25) is 4.79 Å². The number of Topliss-reactive ketones (excluding diaryl/α,β-unsaturated/α-hetero) is 1. The van der Waals surface area contributed by atoms with Crippen molar-refractivity contribution < 1.29 is 23.7 Å². The largest absolute Gasteiger partial charge is 0.493 e. The second-order valence-corrected chi connectivity index (χ2v) is 5.66. The van der Waals surface area contributed by atoms with Crippen LogP contribution in [0.4, 0.5) is 5.69 Å².